The maximum absolute atomic E-state index is 12.7. The Morgan fingerprint density at radius 1 is 1.24 bits per heavy atom. The van der Waals surface area contributed by atoms with Crippen molar-refractivity contribution in [1.29, 1.82) is 0 Å². The summed E-state index contributed by atoms with van der Waals surface area (Å²) in [6.45, 7) is 4.79. The Morgan fingerprint density at radius 2 is 1.95 bits per heavy atom. The molecule has 0 spiro atoms. The third-order valence-corrected chi connectivity index (χ3v) is 3.66. The minimum Gasteiger partial charge on any atom is -0.396 e. The highest BCUT2D eigenvalue weighted by Crippen LogP contribution is 2.30. The normalized spacial score (nSPS) is 15.0. The van der Waals surface area contributed by atoms with E-state index in [2.05, 4.69) is 12.2 Å². The molecule has 0 bridgehead atoms. The van der Waals surface area contributed by atoms with Crippen molar-refractivity contribution in [2.75, 3.05) is 13.2 Å². The molecule has 0 aliphatic rings. The summed E-state index contributed by atoms with van der Waals surface area (Å²) in [4.78, 5) is 0. The van der Waals surface area contributed by atoms with Crippen molar-refractivity contribution in [3.8, 4) is 0 Å². The van der Waals surface area contributed by atoms with Gasteiger partial charge in [0.2, 0.25) is 0 Å². The number of alkyl halides is 3. The van der Waals surface area contributed by atoms with E-state index in [1.165, 1.54) is 12.1 Å². The number of aliphatic hydroxyl groups is 1. The van der Waals surface area contributed by atoms with E-state index in [0.29, 0.717) is 18.0 Å². The summed E-state index contributed by atoms with van der Waals surface area (Å²) in [6, 6.07) is 5.27. The summed E-state index contributed by atoms with van der Waals surface area (Å²) in [6.07, 6.45) is -1.55. The molecule has 1 aromatic rings. The highest BCUT2D eigenvalue weighted by molar-refractivity contribution is 5.27. The van der Waals surface area contributed by atoms with Gasteiger partial charge in [0, 0.05) is 12.6 Å². The fourth-order valence-electron chi connectivity index (χ4n) is 2.38. The molecule has 0 aliphatic carbocycles. The SMILES string of the molecule is CCCC(CCO)CNC(C)c1cccc(C(F)(F)F)c1. The molecular weight excluding hydrogens is 279 g/mol. The maximum Gasteiger partial charge on any atom is 0.416 e. The number of nitrogens with one attached hydrogen (secondary N) is 1. The van der Waals surface area contributed by atoms with Crippen molar-refractivity contribution in [3.63, 3.8) is 0 Å². The summed E-state index contributed by atoms with van der Waals surface area (Å²) in [5.74, 6) is 0.355. The van der Waals surface area contributed by atoms with Crippen LogP contribution in [0.5, 0.6) is 0 Å². The van der Waals surface area contributed by atoms with Crippen LogP contribution in [0.25, 0.3) is 0 Å². The Labute approximate surface area is 124 Å². The highest BCUT2D eigenvalue weighted by atomic mass is 19.4. The summed E-state index contributed by atoms with van der Waals surface area (Å²) >= 11 is 0. The first kappa shape index (κ1) is 18.0. The van der Waals surface area contributed by atoms with E-state index in [1.807, 2.05) is 6.92 Å². The number of benzene rings is 1. The first-order valence-corrected chi connectivity index (χ1v) is 7.39. The van der Waals surface area contributed by atoms with Gasteiger partial charge in [-0.3, -0.25) is 0 Å². The Balaban J connectivity index is 2.64. The number of rotatable bonds is 8. The van der Waals surface area contributed by atoms with E-state index in [4.69, 9.17) is 5.11 Å². The summed E-state index contributed by atoms with van der Waals surface area (Å²) in [5.41, 5.74) is 0.0122. The fourth-order valence-corrected chi connectivity index (χ4v) is 2.38. The predicted octanol–water partition coefficient (Wildman–Crippen LogP) is 4.15. The monoisotopic (exact) mass is 303 g/mol. The van der Waals surface area contributed by atoms with Gasteiger partial charge < -0.3 is 10.4 Å². The molecule has 0 aliphatic heterocycles. The summed E-state index contributed by atoms with van der Waals surface area (Å²) < 4.78 is 38.1. The number of aliphatic hydroxyl groups excluding tert-OH is 1. The average Bonchev–Trinajstić information content (AvgIpc) is 2.44. The highest BCUT2D eigenvalue weighted by Gasteiger charge is 2.30. The zero-order chi connectivity index (χ0) is 15.9. The zero-order valence-corrected chi connectivity index (χ0v) is 12.6. The van der Waals surface area contributed by atoms with Gasteiger partial charge in [0.1, 0.15) is 0 Å². The predicted molar refractivity (Wildman–Crippen MR) is 78.0 cm³/mol. The smallest absolute Gasteiger partial charge is 0.396 e. The van der Waals surface area contributed by atoms with E-state index < -0.39 is 11.7 Å². The lowest BCUT2D eigenvalue weighted by Crippen LogP contribution is -2.26. The maximum atomic E-state index is 12.7. The molecule has 21 heavy (non-hydrogen) atoms. The Bertz CT molecular complexity index is 414. The zero-order valence-electron chi connectivity index (χ0n) is 12.6. The van der Waals surface area contributed by atoms with Gasteiger partial charge in [0.15, 0.2) is 0 Å². The van der Waals surface area contributed by atoms with Gasteiger partial charge in [-0.2, -0.15) is 13.2 Å². The molecule has 1 rings (SSSR count). The van der Waals surface area contributed by atoms with E-state index in [-0.39, 0.29) is 12.6 Å². The molecule has 0 fully saturated rings. The van der Waals surface area contributed by atoms with Gasteiger partial charge in [0.05, 0.1) is 5.56 Å². The Morgan fingerprint density at radius 3 is 2.52 bits per heavy atom. The van der Waals surface area contributed by atoms with E-state index in [1.54, 1.807) is 6.07 Å². The molecule has 5 heteroatoms. The molecule has 0 saturated carbocycles. The summed E-state index contributed by atoms with van der Waals surface area (Å²) in [5, 5.41) is 12.3. The first-order chi connectivity index (χ1) is 9.88. The molecule has 0 amide bonds. The van der Waals surface area contributed by atoms with Gasteiger partial charge in [0.25, 0.3) is 0 Å². The van der Waals surface area contributed by atoms with Crippen molar-refractivity contribution in [1.82, 2.24) is 5.32 Å². The molecule has 1 aromatic carbocycles. The fraction of sp³-hybridized carbons (Fsp3) is 0.625. The lowest BCUT2D eigenvalue weighted by molar-refractivity contribution is -0.137. The van der Waals surface area contributed by atoms with Crippen molar-refractivity contribution in [3.05, 3.63) is 35.4 Å². The van der Waals surface area contributed by atoms with Crippen LogP contribution in [0.15, 0.2) is 24.3 Å². The van der Waals surface area contributed by atoms with Crippen LogP contribution in [0.3, 0.4) is 0 Å². The van der Waals surface area contributed by atoms with Crippen LogP contribution in [0.1, 0.15) is 50.3 Å². The topological polar surface area (TPSA) is 32.3 Å². The summed E-state index contributed by atoms with van der Waals surface area (Å²) in [7, 11) is 0. The Kier molecular flexibility index (Phi) is 7.18. The van der Waals surface area contributed by atoms with E-state index in [0.717, 1.165) is 25.3 Å². The van der Waals surface area contributed by atoms with Crippen LogP contribution in [0.4, 0.5) is 13.2 Å². The minimum absolute atomic E-state index is 0.143. The molecular formula is C16H24F3NO. The van der Waals surface area contributed by atoms with Crippen LogP contribution in [-0.4, -0.2) is 18.3 Å². The first-order valence-electron chi connectivity index (χ1n) is 7.39. The lowest BCUT2D eigenvalue weighted by atomic mass is 9.99. The van der Waals surface area contributed by atoms with Gasteiger partial charge in [-0.05, 0) is 49.9 Å². The van der Waals surface area contributed by atoms with Crippen molar-refractivity contribution >= 4 is 0 Å². The van der Waals surface area contributed by atoms with E-state index in [9.17, 15) is 13.2 Å². The van der Waals surface area contributed by atoms with Gasteiger partial charge in [-0.15, -0.1) is 0 Å². The number of hydrogen-bond donors (Lipinski definition) is 2. The second-order valence-corrected chi connectivity index (χ2v) is 5.42. The van der Waals surface area contributed by atoms with Crippen molar-refractivity contribution in [2.24, 2.45) is 5.92 Å². The molecule has 0 aromatic heterocycles. The molecule has 2 unspecified atom stereocenters. The number of halogens is 3. The van der Waals surface area contributed by atoms with Gasteiger partial charge in [-0.25, -0.2) is 0 Å². The van der Waals surface area contributed by atoms with E-state index >= 15 is 0 Å². The van der Waals surface area contributed by atoms with Crippen LogP contribution < -0.4 is 5.32 Å². The van der Waals surface area contributed by atoms with Crippen molar-refractivity contribution < 1.29 is 18.3 Å². The van der Waals surface area contributed by atoms with Crippen LogP contribution >= 0.6 is 0 Å². The molecule has 0 heterocycles. The molecule has 120 valence electrons. The van der Waals surface area contributed by atoms with Crippen LogP contribution in [0, 0.1) is 5.92 Å². The molecule has 2 atom stereocenters. The molecule has 2 N–H and O–H groups in total. The lowest BCUT2D eigenvalue weighted by Gasteiger charge is -2.21. The second kappa shape index (κ2) is 8.39. The van der Waals surface area contributed by atoms with Crippen LogP contribution in [-0.2, 0) is 6.18 Å². The molecule has 0 saturated heterocycles. The van der Waals surface area contributed by atoms with Gasteiger partial charge in [-0.1, -0.05) is 25.5 Å². The third kappa shape index (κ3) is 6.06. The van der Waals surface area contributed by atoms with Crippen LogP contribution in [0.2, 0.25) is 0 Å². The average molecular weight is 303 g/mol. The van der Waals surface area contributed by atoms with Gasteiger partial charge >= 0.3 is 6.18 Å². The largest absolute Gasteiger partial charge is 0.416 e. The molecule has 0 radical (unpaired) electrons. The quantitative estimate of drug-likeness (QED) is 0.756. The molecule has 2 nitrogen and oxygen atoms in total. The minimum atomic E-state index is -4.31. The second-order valence-electron chi connectivity index (χ2n) is 5.42. The van der Waals surface area contributed by atoms with Crippen molar-refractivity contribution in [2.45, 2.75) is 45.3 Å². The third-order valence-electron chi connectivity index (χ3n) is 3.66. The number of hydrogen-bond acceptors (Lipinski definition) is 2. The Hall–Kier alpha value is -1.07. The standard InChI is InChI=1S/C16H24F3NO/c1-3-5-13(8-9-21)11-20-12(2)14-6-4-7-15(10-14)16(17,18)19/h4,6-7,10,12-13,20-21H,3,5,8-9,11H2,1-2H3.